The number of pyridine rings is 1. The van der Waals surface area contributed by atoms with Crippen molar-refractivity contribution in [3.63, 3.8) is 0 Å². The molecule has 0 aliphatic heterocycles. The summed E-state index contributed by atoms with van der Waals surface area (Å²) < 4.78 is 0. The Bertz CT molecular complexity index is 319. The minimum absolute atomic E-state index is 0. The summed E-state index contributed by atoms with van der Waals surface area (Å²) in [6, 6.07) is 16.2. The zero-order valence-corrected chi connectivity index (χ0v) is 15.2. The van der Waals surface area contributed by atoms with Crippen LogP contribution in [0.5, 0.6) is 0 Å². The molecular formula is C17H23NY-2. The van der Waals surface area contributed by atoms with Gasteiger partial charge in [-0.1, -0.05) is 33.8 Å². The molecule has 0 unspecified atom stereocenters. The summed E-state index contributed by atoms with van der Waals surface area (Å²) in [4.78, 5) is 3.78. The maximum atomic E-state index is 5.19. The van der Waals surface area contributed by atoms with Gasteiger partial charge < -0.3 is 18.2 Å². The standard InChI is InChI=1S/C8H6.C5H5N.2C2H6.Y/c1-2-8-6-4-3-5-7-8;1-2-4-6-5-3-1;2*1-2;/h1-6H;1-5H;2*1-2H3;/q-2;;;;. The van der Waals surface area contributed by atoms with Crippen LogP contribution >= 0.6 is 0 Å². The minimum atomic E-state index is 0. The van der Waals surface area contributed by atoms with E-state index in [2.05, 4.69) is 11.1 Å². The topological polar surface area (TPSA) is 12.9 Å². The monoisotopic (exact) mass is 330 g/mol. The quantitative estimate of drug-likeness (QED) is 0.666. The third-order valence-corrected chi connectivity index (χ3v) is 1.48. The number of benzene rings is 1. The van der Waals surface area contributed by atoms with Crippen LogP contribution in [-0.4, -0.2) is 4.98 Å². The molecule has 0 spiro atoms. The molecule has 0 fully saturated rings. The van der Waals surface area contributed by atoms with E-state index in [1.54, 1.807) is 12.4 Å². The molecule has 1 aromatic carbocycles. The molecule has 2 rings (SSSR count). The average Bonchev–Trinajstić information content (AvgIpc) is 2.54. The second-order valence-electron chi connectivity index (χ2n) is 2.51. The van der Waals surface area contributed by atoms with Crippen LogP contribution in [0.4, 0.5) is 0 Å². The van der Waals surface area contributed by atoms with Gasteiger partial charge in [-0.15, -0.1) is 6.07 Å². The van der Waals surface area contributed by atoms with Crippen molar-refractivity contribution in [2.45, 2.75) is 27.7 Å². The molecule has 0 N–H and O–H groups in total. The van der Waals surface area contributed by atoms with Crippen LogP contribution in [0.25, 0.3) is 6.08 Å². The van der Waals surface area contributed by atoms with Gasteiger partial charge in [0, 0.05) is 45.1 Å². The van der Waals surface area contributed by atoms with Crippen molar-refractivity contribution in [1.29, 1.82) is 0 Å². The van der Waals surface area contributed by atoms with Gasteiger partial charge in [0.25, 0.3) is 0 Å². The molecule has 1 heterocycles. The van der Waals surface area contributed by atoms with Crippen LogP contribution in [0.15, 0.2) is 54.9 Å². The van der Waals surface area contributed by atoms with Crippen molar-refractivity contribution in [2.24, 2.45) is 0 Å². The first-order valence-electron chi connectivity index (χ1n) is 6.30. The van der Waals surface area contributed by atoms with Gasteiger partial charge in [-0.3, -0.25) is 4.98 Å². The number of rotatable bonds is 1. The molecular weight excluding hydrogens is 307 g/mol. The largest absolute Gasteiger partial charge is 0.344 e. The second kappa shape index (κ2) is 22.4. The average molecular weight is 330 g/mol. The van der Waals surface area contributed by atoms with E-state index >= 15 is 0 Å². The maximum absolute atomic E-state index is 5.19. The molecule has 0 aliphatic carbocycles. The molecule has 0 amide bonds. The number of aromatic nitrogens is 1. The van der Waals surface area contributed by atoms with E-state index in [9.17, 15) is 0 Å². The third-order valence-electron chi connectivity index (χ3n) is 1.48. The third kappa shape index (κ3) is 17.2. The second-order valence-corrected chi connectivity index (χ2v) is 2.51. The van der Waals surface area contributed by atoms with Gasteiger partial charge in [-0.2, -0.15) is 12.1 Å². The first-order valence-corrected chi connectivity index (χ1v) is 6.30. The first kappa shape index (κ1) is 23.3. The maximum Gasteiger partial charge on any atom is 0.0267 e. The van der Waals surface area contributed by atoms with Gasteiger partial charge in [0.1, 0.15) is 0 Å². The Hall–Kier alpha value is -0.786. The van der Waals surface area contributed by atoms with Crippen molar-refractivity contribution in [3.05, 3.63) is 73.1 Å². The van der Waals surface area contributed by atoms with E-state index in [0.29, 0.717) is 0 Å². The zero-order valence-electron chi connectivity index (χ0n) is 12.4. The van der Waals surface area contributed by atoms with Crippen molar-refractivity contribution in [3.8, 4) is 0 Å². The summed E-state index contributed by atoms with van der Waals surface area (Å²) >= 11 is 0. The summed E-state index contributed by atoms with van der Waals surface area (Å²) in [5.41, 5.74) is 0.938. The zero-order chi connectivity index (χ0) is 14.1. The van der Waals surface area contributed by atoms with Crippen LogP contribution in [-0.2, 0) is 32.7 Å². The molecule has 0 bridgehead atoms. The number of hydrogen-bond acceptors (Lipinski definition) is 1. The predicted octanol–water partition coefficient (Wildman–Crippen LogP) is 5.06. The molecule has 0 aliphatic rings. The number of hydrogen-bond donors (Lipinski definition) is 0. The smallest absolute Gasteiger partial charge is 0.0267 e. The fraction of sp³-hybridized carbons (Fsp3) is 0.235. The van der Waals surface area contributed by atoms with E-state index in [4.69, 9.17) is 6.58 Å². The van der Waals surface area contributed by atoms with Gasteiger partial charge in [0.15, 0.2) is 0 Å². The van der Waals surface area contributed by atoms with Gasteiger partial charge >= 0.3 is 0 Å². The van der Waals surface area contributed by atoms with Gasteiger partial charge in [0.05, 0.1) is 0 Å². The Kier molecular flexibility index (Phi) is 27.5. The van der Waals surface area contributed by atoms with E-state index in [1.165, 1.54) is 6.08 Å². The van der Waals surface area contributed by atoms with Crippen LogP contribution < -0.4 is 0 Å². The van der Waals surface area contributed by atoms with E-state index < -0.39 is 0 Å². The fourth-order valence-corrected chi connectivity index (χ4v) is 0.823. The normalized spacial score (nSPS) is 6.74. The Morgan fingerprint density at radius 1 is 0.947 bits per heavy atom. The van der Waals surface area contributed by atoms with Crippen molar-refractivity contribution in [2.75, 3.05) is 0 Å². The summed E-state index contributed by atoms with van der Waals surface area (Å²) in [5.74, 6) is 0. The molecule has 0 saturated carbocycles. The molecule has 2 heteroatoms. The van der Waals surface area contributed by atoms with Crippen LogP contribution in [0.3, 0.4) is 0 Å². The molecule has 0 saturated heterocycles. The predicted molar refractivity (Wildman–Crippen MR) is 81.0 cm³/mol. The van der Waals surface area contributed by atoms with Crippen molar-refractivity contribution in [1.82, 2.24) is 4.98 Å². The van der Waals surface area contributed by atoms with Gasteiger partial charge in [-0.05, 0) is 12.1 Å². The Morgan fingerprint density at radius 2 is 1.53 bits per heavy atom. The molecule has 1 nitrogen and oxygen atoms in total. The van der Waals surface area contributed by atoms with E-state index in [1.807, 2.05) is 70.2 Å². The van der Waals surface area contributed by atoms with E-state index in [0.717, 1.165) is 5.56 Å². The Balaban J connectivity index is -0.000000209. The molecule has 1 radical (unpaired) electrons. The van der Waals surface area contributed by atoms with Crippen LogP contribution in [0.1, 0.15) is 33.3 Å². The molecule has 0 atom stereocenters. The fourth-order valence-electron chi connectivity index (χ4n) is 0.823. The van der Waals surface area contributed by atoms with Crippen LogP contribution in [0.2, 0.25) is 0 Å². The Labute approximate surface area is 144 Å². The minimum Gasteiger partial charge on any atom is -0.344 e. The number of nitrogens with zero attached hydrogens (tertiary/aromatic N) is 1. The van der Waals surface area contributed by atoms with Gasteiger partial charge in [-0.25, -0.2) is 12.1 Å². The molecule has 101 valence electrons. The SMILES string of the molecule is CC.CC.[CH-]=Cc1[c-]cccc1.[Y].c1ccncc1. The molecule has 2 aromatic rings. The summed E-state index contributed by atoms with van der Waals surface area (Å²) in [7, 11) is 0. The first-order chi connectivity index (χ1) is 8.93. The van der Waals surface area contributed by atoms with Crippen molar-refractivity contribution < 1.29 is 32.7 Å². The van der Waals surface area contributed by atoms with Crippen molar-refractivity contribution >= 4 is 6.08 Å². The Morgan fingerprint density at radius 3 is 1.74 bits per heavy atom. The molecule has 1 aromatic heterocycles. The summed E-state index contributed by atoms with van der Waals surface area (Å²) in [5, 5.41) is 0. The summed E-state index contributed by atoms with van der Waals surface area (Å²) in [6.45, 7) is 13.2. The van der Waals surface area contributed by atoms with Crippen LogP contribution in [0, 0.1) is 12.6 Å². The van der Waals surface area contributed by atoms with Gasteiger partial charge in [0.2, 0.25) is 0 Å². The van der Waals surface area contributed by atoms with E-state index in [-0.39, 0.29) is 32.7 Å². The molecule has 19 heavy (non-hydrogen) atoms. The summed E-state index contributed by atoms with van der Waals surface area (Å²) in [6.07, 6.45) is 5.03.